The smallest absolute Gasteiger partial charge is 0.119 e. The zero-order chi connectivity index (χ0) is 13.2. The maximum absolute atomic E-state index is 5.69. The Labute approximate surface area is 117 Å². The van der Waals surface area contributed by atoms with E-state index < -0.39 is 0 Å². The van der Waals surface area contributed by atoms with Gasteiger partial charge in [-0.05, 0) is 57.5 Å². The zero-order valence-electron chi connectivity index (χ0n) is 12.0. The molecule has 0 aliphatic carbocycles. The summed E-state index contributed by atoms with van der Waals surface area (Å²) in [7, 11) is 0. The van der Waals surface area contributed by atoms with Crippen molar-refractivity contribution in [1.29, 1.82) is 0 Å². The van der Waals surface area contributed by atoms with Crippen molar-refractivity contribution in [2.24, 2.45) is 0 Å². The first-order valence-corrected chi connectivity index (χ1v) is 7.85. The summed E-state index contributed by atoms with van der Waals surface area (Å²) in [6.07, 6.45) is 9.42. The number of rotatable bonds is 8. The number of para-hydroxylation sites is 1. The van der Waals surface area contributed by atoms with Gasteiger partial charge in [0.05, 0.1) is 6.61 Å². The van der Waals surface area contributed by atoms with E-state index >= 15 is 0 Å². The van der Waals surface area contributed by atoms with Crippen LogP contribution in [0.4, 0.5) is 0 Å². The van der Waals surface area contributed by atoms with E-state index in [4.69, 9.17) is 4.74 Å². The maximum atomic E-state index is 5.69. The van der Waals surface area contributed by atoms with Gasteiger partial charge < -0.3 is 9.64 Å². The summed E-state index contributed by atoms with van der Waals surface area (Å²) in [5.74, 6) is 0.996. The molecular weight excluding hydrogens is 234 g/mol. The minimum atomic E-state index is 0.855. The SMILES string of the molecule is c1ccc(OCCCCCCN2CCCCC2)cc1. The summed E-state index contributed by atoms with van der Waals surface area (Å²) < 4.78 is 5.69. The van der Waals surface area contributed by atoms with Gasteiger partial charge in [0.25, 0.3) is 0 Å². The van der Waals surface area contributed by atoms with E-state index in [9.17, 15) is 0 Å². The molecule has 0 spiro atoms. The van der Waals surface area contributed by atoms with Crippen LogP contribution >= 0.6 is 0 Å². The molecule has 0 aromatic heterocycles. The topological polar surface area (TPSA) is 12.5 Å². The van der Waals surface area contributed by atoms with Gasteiger partial charge in [0.15, 0.2) is 0 Å². The van der Waals surface area contributed by atoms with Crippen molar-refractivity contribution in [3.05, 3.63) is 30.3 Å². The minimum absolute atomic E-state index is 0.855. The molecule has 1 saturated heterocycles. The first-order valence-electron chi connectivity index (χ1n) is 7.85. The first kappa shape index (κ1) is 14.4. The number of nitrogens with zero attached hydrogens (tertiary/aromatic N) is 1. The molecule has 0 saturated carbocycles. The van der Waals surface area contributed by atoms with Crippen molar-refractivity contribution < 1.29 is 4.74 Å². The van der Waals surface area contributed by atoms with Crippen LogP contribution in [0.15, 0.2) is 30.3 Å². The fourth-order valence-electron chi connectivity index (χ4n) is 2.68. The van der Waals surface area contributed by atoms with E-state index in [1.54, 1.807) is 0 Å². The first-order chi connectivity index (χ1) is 9.45. The lowest BCUT2D eigenvalue weighted by Gasteiger charge is -2.26. The van der Waals surface area contributed by atoms with Gasteiger partial charge in [0.2, 0.25) is 0 Å². The van der Waals surface area contributed by atoms with Crippen molar-refractivity contribution >= 4 is 0 Å². The fourth-order valence-corrected chi connectivity index (χ4v) is 2.68. The second-order valence-corrected chi connectivity index (χ2v) is 5.48. The molecule has 0 atom stereocenters. The molecular formula is C17H27NO. The number of piperidine rings is 1. The van der Waals surface area contributed by atoms with E-state index in [2.05, 4.69) is 4.90 Å². The average molecular weight is 261 g/mol. The highest BCUT2D eigenvalue weighted by Gasteiger charge is 2.08. The molecule has 2 rings (SSSR count). The molecule has 1 fully saturated rings. The normalized spacial score (nSPS) is 16.4. The summed E-state index contributed by atoms with van der Waals surface area (Å²) >= 11 is 0. The van der Waals surface area contributed by atoms with E-state index in [0.717, 1.165) is 12.4 Å². The van der Waals surface area contributed by atoms with Gasteiger partial charge in [0.1, 0.15) is 5.75 Å². The van der Waals surface area contributed by atoms with E-state index in [-0.39, 0.29) is 0 Å². The summed E-state index contributed by atoms with van der Waals surface area (Å²) in [4.78, 5) is 2.63. The second kappa shape index (κ2) is 8.98. The Morgan fingerprint density at radius 2 is 1.58 bits per heavy atom. The predicted molar refractivity (Wildman–Crippen MR) is 80.7 cm³/mol. The van der Waals surface area contributed by atoms with E-state index in [1.807, 2.05) is 30.3 Å². The summed E-state index contributed by atoms with van der Waals surface area (Å²) in [5.41, 5.74) is 0. The minimum Gasteiger partial charge on any atom is -0.494 e. The van der Waals surface area contributed by atoms with Crippen molar-refractivity contribution in [3.8, 4) is 5.75 Å². The van der Waals surface area contributed by atoms with E-state index in [1.165, 1.54) is 64.6 Å². The van der Waals surface area contributed by atoms with Gasteiger partial charge in [0, 0.05) is 0 Å². The van der Waals surface area contributed by atoms with Crippen molar-refractivity contribution in [3.63, 3.8) is 0 Å². The molecule has 0 radical (unpaired) electrons. The number of hydrogen-bond donors (Lipinski definition) is 0. The molecule has 0 bridgehead atoms. The van der Waals surface area contributed by atoms with Crippen molar-refractivity contribution in [2.45, 2.75) is 44.9 Å². The highest BCUT2D eigenvalue weighted by Crippen LogP contribution is 2.11. The highest BCUT2D eigenvalue weighted by atomic mass is 16.5. The lowest BCUT2D eigenvalue weighted by molar-refractivity contribution is 0.223. The zero-order valence-corrected chi connectivity index (χ0v) is 12.0. The number of unbranched alkanes of at least 4 members (excludes halogenated alkanes) is 3. The molecule has 1 aliphatic rings. The molecule has 0 unspecified atom stereocenters. The molecule has 106 valence electrons. The molecule has 1 aromatic rings. The summed E-state index contributed by atoms with van der Waals surface area (Å²) in [6.45, 7) is 4.82. The molecule has 1 aliphatic heterocycles. The van der Waals surface area contributed by atoms with Gasteiger partial charge in [-0.1, -0.05) is 37.5 Å². The molecule has 2 heteroatoms. The van der Waals surface area contributed by atoms with Crippen LogP contribution in [0, 0.1) is 0 Å². The molecule has 19 heavy (non-hydrogen) atoms. The summed E-state index contributed by atoms with van der Waals surface area (Å²) in [5, 5.41) is 0. The summed E-state index contributed by atoms with van der Waals surface area (Å²) in [6, 6.07) is 10.1. The van der Waals surface area contributed by atoms with Crippen LogP contribution in [-0.2, 0) is 0 Å². The lowest BCUT2D eigenvalue weighted by Crippen LogP contribution is -2.30. The van der Waals surface area contributed by atoms with Crippen LogP contribution in [0.25, 0.3) is 0 Å². The van der Waals surface area contributed by atoms with Crippen LogP contribution in [0.3, 0.4) is 0 Å². The Kier molecular flexibility index (Phi) is 6.80. The quantitative estimate of drug-likeness (QED) is 0.653. The average Bonchev–Trinajstić information content (AvgIpc) is 2.48. The van der Waals surface area contributed by atoms with Crippen LogP contribution < -0.4 is 4.74 Å². The van der Waals surface area contributed by atoms with Gasteiger partial charge in [-0.25, -0.2) is 0 Å². The second-order valence-electron chi connectivity index (χ2n) is 5.48. The molecule has 0 amide bonds. The maximum Gasteiger partial charge on any atom is 0.119 e. The Hall–Kier alpha value is -1.02. The monoisotopic (exact) mass is 261 g/mol. The van der Waals surface area contributed by atoms with Crippen LogP contribution in [0.1, 0.15) is 44.9 Å². The van der Waals surface area contributed by atoms with Crippen LogP contribution in [0.2, 0.25) is 0 Å². The number of likely N-dealkylation sites (tertiary alicyclic amines) is 1. The van der Waals surface area contributed by atoms with E-state index in [0.29, 0.717) is 0 Å². The highest BCUT2D eigenvalue weighted by molar-refractivity contribution is 5.20. The molecule has 1 heterocycles. The Morgan fingerprint density at radius 1 is 0.842 bits per heavy atom. The predicted octanol–water partition coefficient (Wildman–Crippen LogP) is 4.11. The molecule has 2 nitrogen and oxygen atoms in total. The third-order valence-corrected chi connectivity index (χ3v) is 3.83. The van der Waals surface area contributed by atoms with Crippen molar-refractivity contribution in [2.75, 3.05) is 26.2 Å². The van der Waals surface area contributed by atoms with Crippen LogP contribution in [-0.4, -0.2) is 31.1 Å². The van der Waals surface area contributed by atoms with Gasteiger partial charge in [-0.2, -0.15) is 0 Å². The molecule has 0 N–H and O–H groups in total. The fraction of sp³-hybridized carbons (Fsp3) is 0.647. The third-order valence-electron chi connectivity index (χ3n) is 3.83. The third kappa shape index (κ3) is 6.11. The van der Waals surface area contributed by atoms with Gasteiger partial charge in [-0.15, -0.1) is 0 Å². The standard InChI is InChI=1S/C17H27NO/c1(7-13-18-14-8-4-9-15-18)2-10-16-19-17-11-5-3-6-12-17/h3,5-6,11-12H,1-2,4,7-10,13-16H2. The lowest BCUT2D eigenvalue weighted by atomic mass is 10.1. The van der Waals surface area contributed by atoms with Crippen molar-refractivity contribution in [1.82, 2.24) is 4.90 Å². The van der Waals surface area contributed by atoms with Crippen LogP contribution in [0.5, 0.6) is 5.75 Å². The van der Waals surface area contributed by atoms with Gasteiger partial charge in [-0.3, -0.25) is 0 Å². The Bertz CT molecular complexity index is 319. The Balaban J connectivity index is 1.42. The van der Waals surface area contributed by atoms with Gasteiger partial charge >= 0.3 is 0 Å². The number of benzene rings is 1. The number of hydrogen-bond acceptors (Lipinski definition) is 2. The molecule has 1 aromatic carbocycles. The number of ether oxygens (including phenoxy) is 1. The Morgan fingerprint density at radius 3 is 2.37 bits per heavy atom. The largest absolute Gasteiger partial charge is 0.494 e.